The van der Waals surface area contributed by atoms with Crippen LogP contribution in [0.1, 0.15) is 35.6 Å². The van der Waals surface area contributed by atoms with Gasteiger partial charge in [-0.1, -0.05) is 0 Å². The summed E-state index contributed by atoms with van der Waals surface area (Å²) in [6.45, 7) is 6.20. The highest BCUT2D eigenvalue weighted by Gasteiger charge is 2.35. The molecule has 5 rings (SSSR count). The van der Waals surface area contributed by atoms with E-state index in [9.17, 15) is 31.1 Å². The SMILES string of the molecule is CC(C)N1CCN(C(=O)c2nc(Nc3ccc(C(F)(F)F)cc3)c3ccc(-c4ncccc4C(F)(F)F)nc3n2)CC1. The predicted octanol–water partition coefficient (Wildman–Crippen LogP) is 6.03. The van der Waals surface area contributed by atoms with Crippen LogP contribution in [-0.2, 0) is 12.4 Å². The molecule has 0 bridgehead atoms. The van der Waals surface area contributed by atoms with E-state index in [2.05, 4.69) is 44.0 Å². The van der Waals surface area contributed by atoms with Gasteiger partial charge in [-0.2, -0.15) is 26.3 Å². The fourth-order valence-corrected chi connectivity index (χ4v) is 4.63. The number of hydrogen-bond acceptors (Lipinski definition) is 7. The second kappa shape index (κ2) is 11.2. The lowest BCUT2D eigenvalue weighted by molar-refractivity contribution is -0.138. The number of alkyl halides is 6. The van der Waals surface area contributed by atoms with Crippen LogP contribution in [0.3, 0.4) is 0 Å². The summed E-state index contributed by atoms with van der Waals surface area (Å²) in [5, 5.41) is 3.15. The lowest BCUT2D eigenvalue weighted by Crippen LogP contribution is -2.51. The fourth-order valence-electron chi connectivity index (χ4n) is 4.63. The number of halogens is 6. The molecule has 0 unspecified atom stereocenters. The van der Waals surface area contributed by atoms with Crippen molar-refractivity contribution in [3.8, 4) is 11.4 Å². The third kappa shape index (κ3) is 6.12. The average Bonchev–Trinajstić information content (AvgIpc) is 2.96. The summed E-state index contributed by atoms with van der Waals surface area (Å²) in [7, 11) is 0. The van der Waals surface area contributed by atoms with E-state index in [1.165, 1.54) is 30.5 Å². The highest BCUT2D eigenvalue weighted by atomic mass is 19.4. The molecule has 1 saturated heterocycles. The Hall–Kier alpha value is -4.33. The van der Waals surface area contributed by atoms with Crippen molar-refractivity contribution < 1.29 is 31.1 Å². The quantitative estimate of drug-likeness (QED) is 0.284. The summed E-state index contributed by atoms with van der Waals surface area (Å²) < 4.78 is 80.2. The molecule has 0 spiro atoms. The second-order valence-electron chi connectivity index (χ2n) is 9.98. The van der Waals surface area contributed by atoms with Gasteiger partial charge in [-0.05, 0) is 62.4 Å². The Morgan fingerprint density at radius 2 is 1.55 bits per heavy atom. The number of amides is 1. The number of nitrogens with zero attached hydrogens (tertiary/aromatic N) is 6. The molecule has 8 nitrogen and oxygen atoms in total. The van der Waals surface area contributed by atoms with E-state index in [0.29, 0.717) is 32.2 Å². The Morgan fingerprint density at radius 3 is 2.17 bits per heavy atom. The van der Waals surface area contributed by atoms with Crippen LogP contribution in [0, 0.1) is 0 Å². The van der Waals surface area contributed by atoms with Gasteiger partial charge in [0.1, 0.15) is 11.5 Å². The molecule has 0 aliphatic carbocycles. The van der Waals surface area contributed by atoms with Crippen LogP contribution in [0.2, 0.25) is 0 Å². The number of hydrogen-bond donors (Lipinski definition) is 1. The second-order valence-corrected chi connectivity index (χ2v) is 9.98. The summed E-state index contributed by atoms with van der Waals surface area (Å²) in [5.74, 6) is -0.700. The Morgan fingerprint density at radius 1 is 0.857 bits per heavy atom. The molecular weight excluding hydrogens is 564 g/mol. The van der Waals surface area contributed by atoms with E-state index in [-0.39, 0.29) is 34.1 Å². The molecule has 0 radical (unpaired) electrons. The average molecular weight is 590 g/mol. The Bertz CT molecular complexity index is 1600. The van der Waals surface area contributed by atoms with Gasteiger partial charge in [-0.3, -0.25) is 14.7 Å². The summed E-state index contributed by atoms with van der Waals surface area (Å²) in [5.41, 5.74) is -2.23. The zero-order valence-corrected chi connectivity index (χ0v) is 22.5. The number of pyridine rings is 2. The van der Waals surface area contributed by atoms with E-state index in [1.807, 2.05) is 0 Å². The van der Waals surface area contributed by atoms with Crippen LogP contribution in [0.5, 0.6) is 0 Å². The van der Waals surface area contributed by atoms with Gasteiger partial charge in [0.25, 0.3) is 5.91 Å². The summed E-state index contributed by atoms with van der Waals surface area (Å²) in [6, 6.07) is 9.28. The third-order valence-corrected chi connectivity index (χ3v) is 6.91. The molecule has 1 N–H and O–H groups in total. The van der Waals surface area contributed by atoms with E-state index in [1.54, 1.807) is 4.90 Å². The zero-order valence-electron chi connectivity index (χ0n) is 22.5. The third-order valence-electron chi connectivity index (χ3n) is 6.91. The maximum atomic E-state index is 13.7. The molecule has 1 fully saturated rings. The van der Waals surface area contributed by atoms with Crippen LogP contribution >= 0.6 is 0 Å². The Kier molecular flexibility index (Phi) is 7.75. The summed E-state index contributed by atoms with van der Waals surface area (Å²) in [4.78, 5) is 34.1. The van der Waals surface area contributed by atoms with Crippen molar-refractivity contribution in [1.29, 1.82) is 0 Å². The molecule has 4 aromatic rings. The number of rotatable bonds is 5. The molecule has 0 atom stereocenters. The highest BCUT2D eigenvalue weighted by Crippen LogP contribution is 2.36. The lowest BCUT2D eigenvalue weighted by atomic mass is 10.1. The minimum Gasteiger partial charge on any atom is -0.340 e. The van der Waals surface area contributed by atoms with E-state index < -0.39 is 35.1 Å². The lowest BCUT2D eigenvalue weighted by Gasteiger charge is -2.36. The van der Waals surface area contributed by atoms with E-state index >= 15 is 0 Å². The van der Waals surface area contributed by atoms with Gasteiger partial charge in [-0.25, -0.2) is 15.0 Å². The van der Waals surface area contributed by atoms with Gasteiger partial charge < -0.3 is 10.2 Å². The number of carbonyl (C=O) groups is 1. The smallest absolute Gasteiger partial charge is 0.340 e. The minimum atomic E-state index is -4.69. The molecule has 0 saturated carbocycles. The molecule has 14 heteroatoms. The number of fused-ring (bicyclic) bond motifs is 1. The normalized spacial score (nSPS) is 14.9. The number of piperazine rings is 1. The van der Waals surface area contributed by atoms with Gasteiger partial charge >= 0.3 is 12.4 Å². The number of aromatic nitrogens is 4. The van der Waals surface area contributed by atoms with Crippen molar-refractivity contribution in [2.45, 2.75) is 32.2 Å². The van der Waals surface area contributed by atoms with Crippen LogP contribution < -0.4 is 5.32 Å². The molecule has 1 aliphatic rings. The van der Waals surface area contributed by atoms with Gasteiger partial charge in [-0.15, -0.1) is 0 Å². The van der Waals surface area contributed by atoms with Crippen molar-refractivity contribution in [2.24, 2.45) is 0 Å². The number of nitrogens with one attached hydrogen (secondary N) is 1. The fraction of sp³-hybridized carbons (Fsp3) is 0.321. The molecule has 220 valence electrons. The van der Waals surface area contributed by atoms with Crippen LogP contribution in [0.4, 0.5) is 37.8 Å². The van der Waals surface area contributed by atoms with Crippen LogP contribution in [0.15, 0.2) is 54.7 Å². The highest BCUT2D eigenvalue weighted by molar-refractivity contribution is 5.96. The molecule has 42 heavy (non-hydrogen) atoms. The molecule has 1 amide bonds. The summed E-state index contributed by atoms with van der Waals surface area (Å²) >= 11 is 0. The van der Waals surface area contributed by atoms with Crippen molar-refractivity contribution >= 4 is 28.4 Å². The van der Waals surface area contributed by atoms with Crippen molar-refractivity contribution in [1.82, 2.24) is 29.7 Å². The molecule has 4 heterocycles. The molecule has 3 aromatic heterocycles. The number of anilines is 2. The first-order chi connectivity index (χ1) is 19.8. The predicted molar refractivity (Wildman–Crippen MR) is 143 cm³/mol. The molecule has 1 aliphatic heterocycles. The molecular formula is C28H25F6N7O. The Labute approximate surface area is 236 Å². The first-order valence-corrected chi connectivity index (χ1v) is 13.0. The monoisotopic (exact) mass is 589 g/mol. The van der Waals surface area contributed by atoms with Crippen molar-refractivity contribution in [2.75, 3.05) is 31.5 Å². The maximum absolute atomic E-state index is 13.7. The van der Waals surface area contributed by atoms with Gasteiger partial charge in [0.2, 0.25) is 5.82 Å². The number of benzene rings is 1. The van der Waals surface area contributed by atoms with E-state index in [0.717, 1.165) is 24.3 Å². The first kappa shape index (κ1) is 29.2. The van der Waals surface area contributed by atoms with Crippen molar-refractivity contribution in [3.63, 3.8) is 0 Å². The molecule has 1 aromatic carbocycles. The topological polar surface area (TPSA) is 87.1 Å². The van der Waals surface area contributed by atoms with Gasteiger partial charge in [0.05, 0.1) is 22.2 Å². The summed E-state index contributed by atoms with van der Waals surface area (Å²) in [6.07, 6.45) is -8.01. The maximum Gasteiger partial charge on any atom is 0.418 e. The number of carbonyl (C=O) groups excluding carboxylic acids is 1. The standard InChI is InChI=1S/C28H25F6N7O/c1-16(2)40-12-14-41(15-13-40)26(42)25-38-23(36-18-7-5-17(6-8-18)27(29,30)31)19-9-10-21(37-24(19)39-25)22-20(28(32,33)34)4-3-11-35-22/h3-11,16H,12-15H2,1-2H3,(H,36,37,38,39). The first-order valence-electron chi connectivity index (χ1n) is 13.0. The van der Waals surface area contributed by atoms with Crippen LogP contribution in [0.25, 0.3) is 22.4 Å². The van der Waals surface area contributed by atoms with Crippen molar-refractivity contribution in [3.05, 3.63) is 71.7 Å². The minimum absolute atomic E-state index is 0.0556. The largest absolute Gasteiger partial charge is 0.418 e. The zero-order chi connectivity index (χ0) is 30.2. The van der Waals surface area contributed by atoms with Gasteiger partial charge in [0, 0.05) is 44.1 Å². The van der Waals surface area contributed by atoms with Crippen LogP contribution in [-0.4, -0.2) is 67.9 Å². The Balaban J connectivity index is 1.57. The van der Waals surface area contributed by atoms with Gasteiger partial charge in [0.15, 0.2) is 5.65 Å². The van der Waals surface area contributed by atoms with E-state index in [4.69, 9.17) is 0 Å².